The molecule has 0 rings (SSSR count). The summed E-state index contributed by atoms with van der Waals surface area (Å²) in [5, 5.41) is 0. The molecular weight excluding hydrogens is 985 g/mol. The number of carbonyl (C=O) groups excluding carboxylic acids is 3. The van der Waals surface area contributed by atoms with Crippen molar-refractivity contribution in [1.29, 1.82) is 0 Å². The van der Waals surface area contributed by atoms with E-state index in [4.69, 9.17) is 14.2 Å². The van der Waals surface area contributed by atoms with E-state index in [1.807, 2.05) is 0 Å². The van der Waals surface area contributed by atoms with Gasteiger partial charge in [-0.3, -0.25) is 14.4 Å². The highest BCUT2D eigenvalue weighted by Crippen LogP contribution is 2.18. The third-order valence-corrected chi connectivity index (χ3v) is 15.2. The molecule has 0 bridgehead atoms. The first-order valence-electron chi connectivity index (χ1n) is 34.6. The maximum absolute atomic E-state index is 12.9. The van der Waals surface area contributed by atoms with E-state index in [2.05, 4.69) is 106 Å². The molecule has 0 aromatic rings. The van der Waals surface area contributed by atoms with Crippen LogP contribution in [0.2, 0.25) is 0 Å². The van der Waals surface area contributed by atoms with Gasteiger partial charge < -0.3 is 14.2 Å². The van der Waals surface area contributed by atoms with E-state index in [0.717, 1.165) is 89.9 Å². The van der Waals surface area contributed by atoms with Crippen LogP contribution in [0.5, 0.6) is 0 Å². The Morgan fingerprint density at radius 3 is 0.750 bits per heavy atom. The summed E-state index contributed by atoms with van der Waals surface area (Å²) >= 11 is 0. The van der Waals surface area contributed by atoms with Gasteiger partial charge in [-0.2, -0.15) is 0 Å². The predicted molar refractivity (Wildman–Crippen MR) is 348 cm³/mol. The Morgan fingerprint density at radius 2 is 0.487 bits per heavy atom. The summed E-state index contributed by atoms with van der Waals surface area (Å²) in [6.45, 7) is 6.53. The van der Waals surface area contributed by atoms with E-state index in [1.165, 1.54) is 212 Å². The van der Waals surface area contributed by atoms with Gasteiger partial charge in [-0.1, -0.05) is 343 Å². The largest absolute Gasteiger partial charge is 0.462 e. The van der Waals surface area contributed by atoms with Gasteiger partial charge in [0.2, 0.25) is 0 Å². The molecule has 0 spiro atoms. The fourth-order valence-electron chi connectivity index (χ4n) is 10.0. The Morgan fingerprint density at radius 1 is 0.263 bits per heavy atom. The number of hydrogen-bond acceptors (Lipinski definition) is 6. The third kappa shape index (κ3) is 65.4. The summed E-state index contributed by atoms with van der Waals surface area (Å²) in [6, 6.07) is 0. The van der Waals surface area contributed by atoms with Gasteiger partial charge in [0.15, 0.2) is 6.10 Å². The zero-order valence-corrected chi connectivity index (χ0v) is 53.1. The van der Waals surface area contributed by atoms with Crippen molar-refractivity contribution in [3.05, 3.63) is 85.1 Å². The Hall–Kier alpha value is -3.41. The smallest absolute Gasteiger partial charge is 0.306 e. The van der Waals surface area contributed by atoms with Crippen molar-refractivity contribution < 1.29 is 28.6 Å². The molecule has 0 saturated heterocycles. The highest BCUT2D eigenvalue weighted by Gasteiger charge is 2.19. The molecule has 1 atom stereocenters. The maximum atomic E-state index is 12.9. The molecule has 0 amide bonds. The standard InChI is InChI=1S/C74H130O6/c1-4-7-10-13-16-19-22-25-28-30-32-34-36-37-39-40-42-44-46-49-52-55-58-61-64-67-73(76)79-70-71(69-78-72(75)66-63-60-57-54-51-48-27-24-21-18-15-12-9-6-3)80-74(77)68-65-62-59-56-53-50-47-45-43-41-38-35-33-31-29-26-23-20-17-14-11-8-5-2/h8,11,17,20,26,29,33,35,41,43,47,50,56,59,71H,4-7,9-10,12-16,18-19,21-25,27-28,30-32,34,36-40,42,44-46,48-49,51-55,57-58,60-70H2,1-3H3/b11-8-,20-17-,29-26-,35-33-,43-41-,50-47-,59-56-. The SMILES string of the molecule is CC/C=C\C/C=C\C/C=C\C/C=C\C/C=C\C/C=C\C/C=C\CCCC(=O)OC(COC(=O)CCCCCCCCCCCCCCCC)COC(=O)CCCCCCCCCCCCCCCCCCCCCCCCCCC. The van der Waals surface area contributed by atoms with Crippen molar-refractivity contribution in [3.8, 4) is 0 Å². The number of allylic oxidation sites excluding steroid dienone is 14. The molecule has 0 aliphatic carbocycles. The van der Waals surface area contributed by atoms with E-state index in [-0.39, 0.29) is 37.5 Å². The van der Waals surface area contributed by atoms with Crippen LogP contribution in [0.1, 0.15) is 348 Å². The molecule has 6 heteroatoms. The minimum Gasteiger partial charge on any atom is -0.462 e. The van der Waals surface area contributed by atoms with Crippen LogP contribution in [0.25, 0.3) is 0 Å². The summed E-state index contributed by atoms with van der Waals surface area (Å²) < 4.78 is 16.9. The summed E-state index contributed by atoms with van der Waals surface area (Å²) in [4.78, 5) is 38.4. The van der Waals surface area contributed by atoms with Crippen LogP contribution in [0.3, 0.4) is 0 Å². The van der Waals surface area contributed by atoms with Crippen molar-refractivity contribution in [2.24, 2.45) is 0 Å². The average molecular weight is 1120 g/mol. The van der Waals surface area contributed by atoms with E-state index in [1.54, 1.807) is 0 Å². The zero-order chi connectivity index (χ0) is 57.8. The molecule has 0 aromatic heterocycles. The van der Waals surface area contributed by atoms with Gasteiger partial charge in [0.25, 0.3) is 0 Å². The highest BCUT2D eigenvalue weighted by atomic mass is 16.6. The molecule has 0 N–H and O–H groups in total. The second-order valence-corrected chi connectivity index (χ2v) is 23.1. The monoisotopic (exact) mass is 1110 g/mol. The van der Waals surface area contributed by atoms with Crippen molar-refractivity contribution in [1.82, 2.24) is 0 Å². The molecule has 0 aliphatic heterocycles. The molecule has 0 heterocycles. The first-order valence-corrected chi connectivity index (χ1v) is 34.6. The number of esters is 3. The summed E-state index contributed by atoms with van der Waals surface area (Å²) in [7, 11) is 0. The second-order valence-electron chi connectivity index (χ2n) is 23.1. The summed E-state index contributed by atoms with van der Waals surface area (Å²) in [5.41, 5.74) is 0. The van der Waals surface area contributed by atoms with E-state index in [0.29, 0.717) is 19.3 Å². The number of hydrogen-bond donors (Lipinski definition) is 0. The van der Waals surface area contributed by atoms with Crippen LogP contribution in [0, 0.1) is 0 Å². The molecular formula is C74H130O6. The number of ether oxygens (including phenoxy) is 3. The predicted octanol–water partition coefficient (Wildman–Crippen LogP) is 23.8. The fraction of sp³-hybridized carbons (Fsp3) is 0.770. The fourth-order valence-corrected chi connectivity index (χ4v) is 10.0. The van der Waals surface area contributed by atoms with Gasteiger partial charge in [0.05, 0.1) is 0 Å². The number of carbonyl (C=O) groups is 3. The van der Waals surface area contributed by atoms with E-state index in [9.17, 15) is 14.4 Å². The van der Waals surface area contributed by atoms with Crippen molar-refractivity contribution >= 4 is 17.9 Å². The third-order valence-electron chi connectivity index (χ3n) is 15.2. The second kappa shape index (κ2) is 68.1. The van der Waals surface area contributed by atoms with Gasteiger partial charge in [-0.15, -0.1) is 0 Å². The van der Waals surface area contributed by atoms with Gasteiger partial charge in [0.1, 0.15) is 13.2 Å². The number of unbranched alkanes of at least 4 members (excludes halogenated alkanes) is 38. The van der Waals surface area contributed by atoms with E-state index >= 15 is 0 Å². The van der Waals surface area contributed by atoms with Crippen molar-refractivity contribution in [2.45, 2.75) is 354 Å². The minimum absolute atomic E-state index is 0.0952. The minimum atomic E-state index is -0.806. The molecule has 6 nitrogen and oxygen atoms in total. The van der Waals surface area contributed by atoms with Crippen LogP contribution in [0.4, 0.5) is 0 Å². The van der Waals surface area contributed by atoms with Gasteiger partial charge in [-0.25, -0.2) is 0 Å². The van der Waals surface area contributed by atoms with Crippen LogP contribution in [0.15, 0.2) is 85.1 Å². The average Bonchev–Trinajstić information content (AvgIpc) is 3.46. The lowest BCUT2D eigenvalue weighted by Crippen LogP contribution is -2.30. The summed E-state index contributed by atoms with van der Waals surface area (Å²) in [5.74, 6) is -0.936. The van der Waals surface area contributed by atoms with Crippen LogP contribution < -0.4 is 0 Å². The Balaban J connectivity index is 4.37. The molecule has 0 aromatic carbocycles. The molecule has 0 aliphatic rings. The maximum Gasteiger partial charge on any atom is 0.306 e. The zero-order valence-electron chi connectivity index (χ0n) is 53.1. The first kappa shape index (κ1) is 76.6. The molecule has 0 fully saturated rings. The number of rotatable bonds is 63. The van der Waals surface area contributed by atoms with Gasteiger partial charge in [0, 0.05) is 19.3 Å². The lowest BCUT2D eigenvalue weighted by Gasteiger charge is -2.18. The quantitative estimate of drug-likeness (QED) is 0.0261. The van der Waals surface area contributed by atoms with Crippen LogP contribution in [-0.4, -0.2) is 37.2 Å². The lowest BCUT2D eigenvalue weighted by atomic mass is 10.0. The molecule has 1 unspecified atom stereocenters. The van der Waals surface area contributed by atoms with E-state index < -0.39 is 6.10 Å². The van der Waals surface area contributed by atoms with Gasteiger partial charge >= 0.3 is 17.9 Å². The van der Waals surface area contributed by atoms with Crippen molar-refractivity contribution in [2.75, 3.05) is 13.2 Å². The molecule has 80 heavy (non-hydrogen) atoms. The first-order chi connectivity index (χ1) is 39.5. The molecule has 0 radical (unpaired) electrons. The summed E-state index contributed by atoms with van der Waals surface area (Å²) in [6.07, 6.45) is 90.4. The lowest BCUT2D eigenvalue weighted by molar-refractivity contribution is -0.167. The van der Waals surface area contributed by atoms with Crippen LogP contribution >= 0.6 is 0 Å². The molecule has 0 saturated carbocycles. The molecule has 462 valence electrons. The Labute approximate surface area is 496 Å². The topological polar surface area (TPSA) is 78.9 Å². The Kier molecular flexibility index (Phi) is 65.2. The van der Waals surface area contributed by atoms with Crippen molar-refractivity contribution in [3.63, 3.8) is 0 Å². The highest BCUT2D eigenvalue weighted by molar-refractivity contribution is 5.71. The van der Waals surface area contributed by atoms with Crippen LogP contribution in [-0.2, 0) is 28.6 Å². The van der Waals surface area contributed by atoms with Gasteiger partial charge in [-0.05, 0) is 70.6 Å². The normalized spacial score (nSPS) is 12.6. The Bertz CT molecular complexity index is 1520.